The fourth-order valence-electron chi connectivity index (χ4n) is 1.93. The zero-order chi connectivity index (χ0) is 11.8. The van der Waals surface area contributed by atoms with E-state index in [0.29, 0.717) is 19.8 Å². The summed E-state index contributed by atoms with van der Waals surface area (Å²) in [6.07, 6.45) is 1.79. The van der Waals surface area contributed by atoms with Crippen LogP contribution in [0.2, 0.25) is 0 Å². The van der Waals surface area contributed by atoms with E-state index in [1.807, 2.05) is 7.05 Å². The minimum atomic E-state index is -0.666. The van der Waals surface area contributed by atoms with Crippen LogP contribution in [0.1, 0.15) is 12.8 Å². The minimum absolute atomic E-state index is 0.189. The third-order valence-electron chi connectivity index (χ3n) is 2.90. The molecule has 1 aliphatic heterocycles. The van der Waals surface area contributed by atoms with Gasteiger partial charge in [0.1, 0.15) is 0 Å². The van der Waals surface area contributed by atoms with Crippen LogP contribution in [0.25, 0.3) is 0 Å². The summed E-state index contributed by atoms with van der Waals surface area (Å²) >= 11 is 0. The van der Waals surface area contributed by atoms with E-state index < -0.39 is 5.97 Å². The Balaban J connectivity index is 2.10. The van der Waals surface area contributed by atoms with Crippen molar-refractivity contribution in [2.24, 2.45) is 5.92 Å². The van der Waals surface area contributed by atoms with Gasteiger partial charge in [-0.25, -0.2) is 0 Å². The van der Waals surface area contributed by atoms with Crippen LogP contribution in [0.5, 0.6) is 0 Å². The van der Waals surface area contributed by atoms with Gasteiger partial charge in [-0.05, 0) is 26.4 Å². The molecule has 0 bridgehead atoms. The van der Waals surface area contributed by atoms with Gasteiger partial charge in [0.25, 0.3) is 0 Å². The first-order chi connectivity index (χ1) is 7.74. The van der Waals surface area contributed by atoms with Crippen molar-refractivity contribution < 1.29 is 14.6 Å². The highest BCUT2D eigenvalue weighted by Gasteiger charge is 2.24. The minimum Gasteiger partial charge on any atom is -0.481 e. The first-order valence-electron chi connectivity index (χ1n) is 5.91. The molecular formula is C11H22N2O3. The summed E-state index contributed by atoms with van der Waals surface area (Å²) in [6.45, 7) is 4.77. The molecule has 0 aromatic rings. The average Bonchev–Trinajstić information content (AvgIpc) is 2.29. The highest BCUT2D eigenvalue weighted by molar-refractivity contribution is 5.70. The Kier molecular flexibility index (Phi) is 6.37. The lowest BCUT2D eigenvalue weighted by molar-refractivity contribution is -0.143. The second kappa shape index (κ2) is 7.60. The normalized spacial score (nSPS) is 22.2. The predicted octanol–water partition coefficient (Wildman–Crippen LogP) is 0.0190. The fourth-order valence-corrected chi connectivity index (χ4v) is 1.93. The lowest BCUT2D eigenvalue weighted by Gasteiger charge is -2.30. The molecule has 1 saturated heterocycles. The molecule has 0 saturated carbocycles. The fraction of sp³-hybridized carbons (Fsp3) is 0.909. The third-order valence-corrected chi connectivity index (χ3v) is 2.90. The van der Waals surface area contributed by atoms with Crippen LogP contribution in [-0.4, -0.2) is 62.4 Å². The number of piperidine rings is 1. The van der Waals surface area contributed by atoms with Gasteiger partial charge in [-0.2, -0.15) is 0 Å². The molecular weight excluding hydrogens is 208 g/mol. The largest absolute Gasteiger partial charge is 0.481 e. The number of nitrogens with zero attached hydrogens (tertiary/aromatic N) is 1. The summed E-state index contributed by atoms with van der Waals surface area (Å²) in [5, 5.41) is 11.9. The van der Waals surface area contributed by atoms with E-state index in [0.717, 1.165) is 32.5 Å². The number of hydrogen-bond donors (Lipinski definition) is 2. The van der Waals surface area contributed by atoms with Gasteiger partial charge < -0.3 is 20.1 Å². The highest BCUT2D eigenvalue weighted by Crippen LogP contribution is 2.15. The molecule has 0 aromatic heterocycles. The molecule has 1 fully saturated rings. The number of ether oxygens (including phenoxy) is 1. The molecule has 0 spiro atoms. The number of likely N-dealkylation sites (tertiary alicyclic amines) is 1. The molecule has 5 heteroatoms. The number of carboxylic acids is 1. The number of rotatable bonds is 7. The Morgan fingerprint density at radius 2 is 2.38 bits per heavy atom. The zero-order valence-electron chi connectivity index (χ0n) is 9.95. The van der Waals surface area contributed by atoms with Gasteiger partial charge in [-0.3, -0.25) is 4.79 Å². The molecule has 1 heterocycles. The molecule has 0 amide bonds. The maximum absolute atomic E-state index is 10.8. The van der Waals surface area contributed by atoms with Gasteiger partial charge >= 0.3 is 5.97 Å². The second-order valence-corrected chi connectivity index (χ2v) is 4.19. The topological polar surface area (TPSA) is 61.8 Å². The Morgan fingerprint density at radius 3 is 3.06 bits per heavy atom. The number of nitrogens with one attached hydrogen (secondary N) is 1. The summed E-state index contributed by atoms with van der Waals surface area (Å²) in [6, 6.07) is 0. The van der Waals surface area contributed by atoms with Gasteiger partial charge in [0.15, 0.2) is 0 Å². The van der Waals surface area contributed by atoms with Gasteiger partial charge in [-0.1, -0.05) is 0 Å². The first kappa shape index (κ1) is 13.4. The molecule has 1 atom stereocenters. The van der Waals surface area contributed by atoms with Crippen molar-refractivity contribution in [2.45, 2.75) is 12.8 Å². The lowest BCUT2D eigenvalue weighted by atomic mass is 9.98. The Bertz CT molecular complexity index is 211. The lowest BCUT2D eigenvalue weighted by Crippen LogP contribution is -2.40. The van der Waals surface area contributed by atoms with Crippen molar-refractivity contribution in [3.05, 3.63) is 0 Å². The third kappa shape index (κ3) is 4.92. The van der Waals surface area contributed by atoms with Gasteiger partial charge in [0.2, 0.25) is 0 Å². The van der Waals surface area contributed by atoms with Crippen molar-refractivity contribution in [1.29, 1.82) is 0 Å². The molecule has 1 aliphatic rings. The SMILES string of the molecule is CNCCOCCN1CCCC(C(=O)O)C1. The van der Waals surface area contributed by atoms with E-state index in [2.05, 4.69) is 10.2 Å². The predicted molar refractivity (Wildman–Crippen MR) is 61.5 cm³/mol. The van der Waals surface area contributed by atoms with Crippen molar-refractivity contribution in [2.75, 3.05) is 46.4 Å². The van der Waals surface area contributed by atoms with Crippen molar-refractivity contribution in [1.82, 2.24) is 10.2 Å². The summed E-state index contributed by atoms with van der Waals surface area (Å²) in [4.78, 5) is 13.0. The van der Waals surface area contributed by atoms with Gasteiger partial charge in [0, 0.05) is 19.6 Å². The summed E-state index contributed by atoms with van der Waals surface area (Å²) < 4.78 is 5.42. The molecule has 94 valence electrons. The van der Waals surface area contributed by atoms with Crippen molar-refractivity contribution in [3.63, 3.8) is 0 Å². The molecule has 0 radical (unpaired) electrons. The second-order valence-electron chi connectivity index (χ2n) is 4.19. The molecule has 0 aromatic carbocycles. The number of aliphatic carboxylic acids is 1. The summed E-state index contributed by atoms with van der Waals surface area (Å²) in [5.74, 6) is -0.855. The maximum atomic E-state index is 10.8. The van der Waals surface area contributed by atoms with Crippen LogP contribution < -0.4 is 5.32 Å². The van der Waals surface area contributed by atoms with Crippen LogP contribution in [0.15, 0.2) is 0 Å². The van der Waals surface area contributed by atoms with Crippen molar-refractivity contribution >= 4 is 5.97 Å². The standard InChI is InChI=1S/C11H22N2O3/c1-12-4-7-16-8-6-13-5-2-3-10(9-13)11(14)15/h10,12H,2-9H2,1H3,(H,14,15). The number of carbonyl (C=O) groups is 1. The van der Waals surface area contributed by atoms with Crippen LogP contribution >= 0.6 is 0 Å². The zero-order valence-corrected chi connectivity index (χ0v) is 9.95. The smallest absolute Gasteiger partial charge is 0.307 e. The van der Waals surface area contributed by atoms with E-state index in [1.165, 1.54) is 0 Å². The van der Waals surface area contributed by atoms with E-state index in [1.54, 1.807) is 0 Å². The van der Waals surface area contributed by atoms with Gasteiger partial charge in [-0.15, -0.1) is 0 Å². The van der Waals surface area contributed by atoms with Crippen LogP contribution in [-0.2, 0) is 9.53 Å². The number of carboxylic acid groups (broad SMARTS) is 1. The van der Waals surface area contributed by atoms with Crippen molar-refractivity contribution in [3.8, 4) is 0 Å². The van der Waals surface area contributed by atoms with E-state index in [-0.39, 0.29) is 5.92 Å². The number of hydrogen-bond acceptors (Lipinski definition) is 4. The monoisotopic (exact) mass is 230 g/mol. The highest BCUT2D eigenvalue weighted by atomic mass is 16.5. The molecule has 5 nitrogen and oxygen atoms in total. The van der Waals surface area contributed by atoms with E-state index in [4.69, 9.17) is 9.84 Å². The van der Waals surface area contributed by atoms with Crippen LogP contribution in [0.3, 0.4) is 0 Å². The maximum Gasteiger partial charge on any atom is 0.307 e. The molecule has 0 aliphatic carbocycles. The molecule has 1 unspecified atom stereocenters. The average molecular weight is 230 g/mol. The molecule has 2 N–H and O–H groups in total. The summed E-state index contributed by atoms with van der Waals surface area (Å²) in [7, 11) is 1.89. The van der Waals surface area contributed by atoms with Crippen LogP contribution in [0.4, 0.5) is 0 Å². The number of likely N-dealkylation sites (N-methyl/N-ethyl adjacent to an activating group) is 1. The van der Waals surface area contributed by atoms with E-state index >= 15 is 0 Å². The first-order valence-corrected chi connectivity index (χ1v) is 5.91. The Morgan fingerprint density at radius 1 is 1.56 bits per heavy atom. The Hall–Kier alpha value is -0.650. The molecule has 1 rings (SSSR count). The quantitative estimate of drug-likeness (QED) is 0.604. The van der Waals surface area contributed by atoms with E-state index in [9.17, 15) is 4.79 Å². The summed E-state index contributed by atoms with van der Waals surface area (Å²) in [5.41, 5.74) is 0. The Labute approximate surface area is 96.8 Å². The molecule has 16 heavy (non-hydrogen) atoms. The van der Waals surface area contributed by atoms with Crippen LogP contribution in [0, 0.1) is 5.92 Å². The van der Waals surface area contributed by atoms with Gasteiger partial charge in [0.05, 0.1) is 19.1 Å².